The number of carbonyl (C=O) groups is 2. The van der Waals surface area contributed by atoms with Gasteiger partial charge in [0.2, 0.25) is 5.78 Å². The lowest BCUT2D eigenvalue weighted by Gasteiger charge is -2.58. The van der Waals surface area contributed by atoms with Crippen molar-refractivity contribution in [3.8, 4) is 0 Å². The molecule has 34 heavy (non-hydrogen) atoms. The van der Waals surface area contributed by atoms with Crippen molar-refractivity contribution >= 4 is 27.8 Å². The summed E-state index contributed by atoms with van der Waals surface area (Å²) in [4.78, 5) is 28.5. The fraction of sp³-hybridized carbons (Fsp3) is 0.720. The number of rotatable bonds is 4. The van der Waals surface area contributed by atoms with E-state index >= 15 is 0 Å². The third-order valence-corrected chi connectivity index (χ3v) is 6.69. The van der Waals surface area contributed by atoms with Gasteiger partial charge in [-0.2, -0.15) is 5.10 Å². The molecule has 8 nitrogen and oxygen atoms in total. The molecule has 0 unspecified atom stereocenters. The first-order valence-corrected chi connectivity index (χ1v) is 12.5. The second-order valence-corrected chi connectivity index (χ2v) is 12.6. The SMILES string of the molecule is C/C(=C\C(=O)c1nn(C2CC3(C2)CN(C(=O)OC(C)(C)C)C3)c(C)c1Br)N(C)C.CC(C)(C)O. The minimum atomic E-state index is -0.500. The second kappa shape index (κ2) is 10.0. The number of halogens is 1. The van der Waals surface area contributed by atoms with Gasteiger partial charge in [0.05, 0.1) is 21.8 Å². The van der Waals surface area contributed by atoms with Crippen LogP contribution in [0.1, 0.15) is 83.5 Å². The van der Waals surface area contributed by atoms with E-state index in [4.69, 9.17) is 9.84 Å². The van der Waals surface area contributed by atoms with Gasteiger partial charge in [-0.3, -0.25) is 9.48 Å². The number of aromatic nitrogens is 2. The molecule has 1 amide bonds. The van der Waals surface area contributed by atoms with Crippen LogP contribution in [0.5, 0.6) is 0 Å². The quantitative estimate of drug-likeness (QED) is 0.429. The summed E-state index contributed by atoms with van der Waals surface area (Å²) in [5.41, 5.74) is 1.50. The third kappa shape index (κ3) is 7.31. The highest BCUT2D eigenvalue weighted by Gasteiger charge is 2.55. The predicted octanol–water partition coefficient (Wildman–Crippen LogP) is 4.95. The Bertz CT molecular complexity index is 933. The molecule has 0 atom stereocenters. The molecule has 1 saturated heterocycles. The van der Waals surface area contributed by atoms with Gasteiger partial charge in [0, 0.05) is 44.4 Å². The number of likely N-dealkylation sites (tertiary alicyclic amines) is 1. The van der Waals surface area contributed by atoms with Crippen LogP contribution >= 0.6 is 15.9 Å². The summed E-state index contributed by atoms with van der Waals surface area (Å²) in [7, 11) is 3.82. The van der Waals surface area contributed by atoms with E-state index in [2.05, 4.69) is 21.0 Å². The molecule has 1 aromatic heterocycles. The van der Waals surface area contributed by atoms with Crippen molar-refractivity contribution in [2.75, 3.05) is 27.2 Å². The molecule has 1 saturated carbocycles. The second-order valence-electron chi connectivity index (χ2n) is 11.8. The number of nitrogens with zero attached hydrogens (tertiary/aromatic N) is 4. The van der Waals surface area contributed by atoms with Crippen molar-refractivity contribution in [1.82, 2.24) is 19.6 Å². The standard InChI is InChI=1S/C21H31BrN4O3.C4H10O/c1-13(24(6)7)8-16(27)18-17(22)14(2)26(23-18)15-9-21(10-15)11-25(12-21)19(28)29-20(3,4)5;1-4(2,3)5/h8,15H,9-12H2,1-7H3;5H,1-3H3/b13-8+;. The van der Waals surface area contributed by atoms with Gasteiger partial charge < -0.3 is 19.6 Å². The number of ketones is 1. The summed E-state index contributed by atoms with van der Waals surface area (Å²) in [6.45, 7) is 16.2. The smallest absolute Gasteiger partial charge is 0.410 e. The van der Waals surface area contributed by atoms with Crippen LogP contribution in [0.15, 0.2) is 16.2 Å². The number of aliphatic hydroxyl groups is 1. The summed E-state index contributed by atoms with van der Waals surface area (Å²) in [6.07, 6.45) is 3.30. The Balaban J connectivity index is 0.000000739. The van der Waals surface area contributed by atoms with Gasteiger partial charge in [-0.05, 0) is 84.2 Å². The van der Waals surface area contributed by atoms with Crippen molar-refractivity contribution in [3.63, 3.8) is 0 Å². The maximum Gasteiger partial charge on any atom is 0.410 e. The lowest BCUT2D eigenvalue weighted by molar-refractivity contribution is -0.0931. The van der Waals surface area contributed by atoms with Crippen LogP contribution in [0.2, 0.25) is 0 Å². The number of hydrogen-bond donors (Lipinski definition) is 1. The molecule has 1 aromatic rings. The molecule has 1 aliphatic carbocycles. The van der Waals surface area contributed by atoms with Crippen LogP contribution < -0.4 is 0 Å². The van der Waals surface area contributed by atoms with Crippen LogP contribution in [0.3, 0.4) is 0 Å². The Hall–Kier alpha value is -1.87. The monoisotopic (exact) mass is 540 g/mol. The van der Waals surface area contributed by atoms with Gasteiger partial charge in [0.1, 0.15) is 11.3 Å². The Morgan fingerprint density at radius 1 is 1.18 bits per heavy atom. The Labute approximate surface area is 212 Å². The van der Waals surface area contributed by atoms with Crippen molar-refractivity contribution in [2.45, 2.75) is 85.5 Å². The van der Waals surface area contributed by atoms with E-state index in [-0.39, 0.29) is 23.3 Å². The van der Waals surface area contributed by atoms with Crippen LogP contribution in [0, 0.1) is 12.3 Å². The zero-order valence-electron chi connectivity index (χ0n) is 22.3. The van der Waals surface area contributed by atoms with Gasteiger partial charge in [-0.15, -0.1) is 0 Å². The lowest BCUT2D eigenvalue weighted by atomic mass is 9.61. The molecule has 1 spiro atoms. The van der Waals surface area contributed by atoms with E-state index in [0.29, 0.717) is 5.69 Å². The zero-order chi connectivity index (χ0) is 26.2. The first-order chi connectivity index (χ1) is 15.3. The van der Waals surface area contributed by atoms with E-state index < -0.39 is 11.2 Å². The van der Waals surface area contributed by atoms with Crippen LogP contribution in [-0.4, -0.2) is 75.0 Å². The van der Waals surface area contributed by atoms with Crippen molar-refractivity contribution in [1.29, 1.82) is 0 Å². The summed E-state index contributed by atoms with van der Waals surface area (Å²) in [6, 6.07) is 0.257. The molecular weight excluding hydrogens is 500 g/mol. The van der Waals surface area contributed by atoms with E-state index in [9.17, 15) is 9.59 Å². The Kier molecular flexibility index (Phi) is 8.35. The highest BCUT2D eigenvalue weighted by molar-refractivity contribution is 9.10. The fourth-order valence-corrected chi connectivity index (χ4v) is 4.45. The highest BCUT2D eigenvalue weighted by atomic mass is 79.9. The molecule has 2 heterocycles. The minimum Gasteiger partial charge on any atom is -0.444 e. The van der Waals surface area contributed by atoms with E-state index in [1.165, 1.54) is 0 Å². The van der Waals surface area contributed by atoms with Gasteiger partial charge in [0.15, 0.2) is 0 Å². The number of amides is 1. The molecule has 0 bridgehead atoms. The van der Waals surface area contributed by atoms with Crippen LogP contribution in [0.4, 0.5) is 4.79 Å². The molecule has 1 aliphatic heterocycles. The largest absolute Gasteiger partial charge is 0.444 e. The normalized spacial score (nSPS) is 18.0. The maximum atomic E-state index is 12.6. The first kappa shape index (κ1) is 28.4. The van der Waals surface area contributed by atoms with Gasteiger partial charge >= 0.3 is 6.09 Å². The molecule has 2 aliphatic rings. The Morgan fingerprint density at radius 3 is 2.12 bits per heavy atom. The number of carbonyl (C=O) groups excluding carboxylic acids is 2. The molecule has 2 fully saturated rings. The summed E-state index contributed by atoms with van der Waals surface area (Å²) < 4.78 is 8.17. The fourth-order valence-electron chi connectivity index (χ4n) is 3.99. The summed E-state index contributed by atoms with van der Waals surface area (Å²) in [5, 5.41) is 13.1. The first-order valence-electron chi connectivity index (χ1n) is 11.7. The van der Waals surface area contributed by atoms with Crippen molar-refractivity contribution in [2.24, 2.45) is 5.41 Å². The summed E-state index contributed by atoms with van der Waals surface area (Å²) >= 11 is 3.55. The molecular formula is C25H41BrN4O4. The Morgan fingerprint density at radius 2 is 1.68 bits per heavy atom. The lowest BCUT2D eigenvalue weighted by Crippen LogP contribution is -2.64. The molecule has 3 rings (SSSR count). The minimum absolute atomic E-state index is 0.0984. The van der Waals surface area contributed by atoms with Crippen molar-refractivity contribution < 1.29 is 19.4 Å². The van der Waals surface area contributed by atoms with E-state index in [0.717, 1.165) is 41.8 Å². The zero-order valence-corrected chi connectivity index (χ0v) is 23.9. The van der Waals surface area contributed by atoms with E-state index in [1.54, 1.807) is 31.7 Å². The van der Waals surface area contributed by atoms with E-state index in [1.807, 2.05) is 58.3 Å². The number of allylic oxidation sites excluding steroid dienone is 2. The average molecular weight is 542 g/mol. The molecule has 1 N–H and O–H groups in total. The topological polar surface area (TPSA) is 87.9 Å². The average Bonchev–Trinajstić information content (AvgIpc) is 2.85. The molecule has 9 heteroatoms. The third-order valence-electron chi connectivity index (χ3n) is 5.74. The van der Waals surface area contributed by atoms with Gasteiger partial charge in [-0.1, -0.05) is 0 Å². The molecule has 192 valence electrons. The van der Waals surface area contributed by atoms with Crippen LogP contribution in [-0.2, 0) is 4.74 Å². The number of ether oxygens (including phenoxy) is 1. The van der Waals surface area contributed by atoms with Gasteiger partial charge in [-0.25, -0.2) is 4.79 Å². The van der Waals surface area contributed by atoms with Gasteiger partial charge in [0.25, 0.3) is 0 Å². The van der Waals surface area contributed by atoms with Crippen LogP contribution in [0.25, 0.3) is 0 Å². The molecule has 0 radical (unpaired) electrons. The highest BCUT2D eigenvalue weighted by Crippen LogP contribution is 2.54. The summed E-state index contributed by atoms with van der Waals surface area (Å²) in [5.74, 6) is -0.0984. The maximum absolute atomic E-state index is 12.6. The predicted molar refractivity (Wildman–Crippen MR) is 137 cm³/mol. The number of hydrogen-bond acceptors (Lipinski definition) is 6. The molecule has 0 aromatic carbocycles. The van der Waals surface area contributed by atoms with Crippen molar-refractivity contribution in [3.05, 3.63) is 27.6 Å².